The van der Waals surface area contributed by atoms with Gasteiger partial charge in [-0.3, -0.25) is 19.3 Å². The summed E-state index contributed by atoms with van der Waals surface area (Å²) in [5.41, 5.74) is -0.386. The number of amides is 3. The zero-order valence-corrected chi connectivity index (χ0v) is 17.3. The zero-order valence-electron chi connectivity index (χ0n) is 17.3. The van der Waals surface area contributed by atoms with Crippen LogP contribution in [0.5, 0.6) is 0 Å². The van der Waals surface area contributed by atoms with Gasteiger partial charge in [-0.15, -0.1) is 0 Å². The number of hydrogen-bond acceptors (Lipinski definition) is 4. The molecule has 2 atom stereocenters. The summed E-state index contributed by atoms with van der Waals surface area (Å²) in [6.45, 7) is 12.7. The number of imide groups is 1. The molecule has 0 spiro atoms. The van der Waals surface area contributed by atoms with Gasteiger partial charge in [0.1, 0.15) is 0 Å². The monoisotopic (exact) mass is 368 g/mol. The number of nitrogens with one attached hydrogen (secondary N) is 1. The Bertz CT molecular complexity index is 502. The fraction of sp³-hybridized carbons (Fsp3) is 0.850. The van der Waals surface area contributed by atoms with E-state index < -0.39 is 0 Å². The molecule has 3 amide bonds. The molecule has 150 valence electrons. The van der Waals surface area contributed by atoms with E-state index in [4.69, 9.17) is 4.74 Å². The molecule has 1 fully saturated rings. The van der Waals surface area contributed by atoms with Gasteiger partial charge < -0.3 is 10.1 Å². The third kappa shape index (κ3) is 7.06. The lowest BCUT2D eigenvalue weighted by molar-refractivity contribution is -0.140. The van der Waals surface area contributed by atoms with Gasteiger partial charge in [0.25, 0.3) is 0 Å². The van der Waals surface area contributed by atoms with Crippen molar-refractivity contribution in [1.29, 1.82) is 0 Å². The van der Waals surface area contributed by atoms with Gasteiger partial charge in [-0.05, 0) is 39.5 Å². The number of hydrogen-bond donors (Lipinski definition) is 1. The Hall–Kier alpha value is -1.43. The van der Waals surface area contributed by atoms with E-state index in [0.717, 1.165) is 12.8 Å². The summed E-state index contributed by atoms with van der Waals surface area (Å²) in [6, 6.07) is 0. The smallest absolute Gasteiger partial charge is 0.233 e. The van der Waals surface area contributed by atoms with Crippen LogP contribution in [-0.2, 0) is 19.1 Å². The molecule has 0 aromatic rings. The molecule has 0 aliphatic carbocycles. The maximum Gasteiger partial charge on any atom is 0.233 e. The molecule has 6 heteroatoms. The van der Waals surface area contributed by atoms with E-state index in [9.17, 15) is 14.4 Å². The highest BCUT2D eigenvalue weighted by atomic mass is 16.5. The van der Waals surface area contributed by atoms with Crippen LogP contribution in [0.1, 0.15) is 73.6 Å². The molecule has 0 aromatic carbocycles. The Morgan fingerprint density at radius 2 is 1.96 bits per heavy atom. The third-order valence-electron chi connectivity index (χ3n) is 4.95. The predicted octanol–water partition coefficient (Wildman–Crippen LogP) is 2.90. The van der Waals surface area contributed by atoms with Gasteiger partial charge in [0.15, 0.2) is 0 Å². The van der Waals surface area contributed by atoms with Crippen LogP contribution in [0.4, 0.5) is 0 Å². The number of likely N-dealkylation sites (tertiary alicyclic amines) is 1. The minimum Gasteiger partial charge on any atom is -0.378 e. The largest absolute Gasteiger partial charge is 0.378 e. The van der Waals surface area contributed by atoms with Crippen LogP contribution in [0.15, 0.2) is 0 Å². The van der Waals surface area contributed by atoms with Crippen molar-refractivity contribution in [2.24, 2.45) is 11.8 Å². The zero-order chi connectivity index (χ0) is 19.9. The summed E-state index contributed by atoms with van der Waals surface area (Å²) in [4.78, 5) is 37.8. The SMILES string of the molecule is CCCC(C)OCCC(C)(C)NC(=O)CCN1C(=O)CC(C(C)C)C1=O. The summed E-state index contributed by atoms with van der Waals surface area (Å²) in [6.07, 6.45) is 3.46. The van der Waals surface area contributed by atoms with Crippen LogP contribution >= 0.6 is 0 Å². The van der Waals surface area contributed by atoms with E-state index in [1.807, 2.05) is 27.7 Å². The molecule has 0 bridgehead atoms. The minimum absolute atomic E-state index is 0.138. The lowest BCUT2D eigenvalue weighted by Crippen LogP contribution is -2.45. The second kappa shape index (κ2) is 10.0. The van der Waals surface area contributed by atoms with Crippen molar-refractivity contribution in [1.82, 2.24) is 10.2 Å². The normalized spacial score (nSPS) is 19.3. The van der Waals surface area contributed by atoms with Gasteiger partial charge in [-0.25, -0.2) is 0 Å². The molecule has 26 heavy (non-hydrogen) atoms. The van der Waals surface area contributed by atoms with Crippen molar-refractivity contribution in [2.75, 3.05) is 13.2 Å². The maximum atomic E-state index is 12.3. The van der Waals surface area contributed by atoms with Crippen LogP contribution in [0, 0.1) is 11.8 Å². The average molecular weight is 369 g/mol. The van der Waals surface area contributed by atoms with Crippen LogP contribution in [-0.4, -0.2) is 47.4 Å². The first-order chi connectivity index (χ1) is 12.1. The fourth-order valence-corrected chi connectivity index (χ4v) is 3.19. The molecule has 0 radical (unpaired) electrons. The molecule has 1 heterocycles. The molecular formula is C20H36N2O4. The average Bonchev–Trinajstić information content (AvgIpc) is 2.79. The molecular weight excluding hydrogens is 332 g/mol. The van der Waals surface area contributed by atoms with Crippen molar-refractivity contribution in [3.63, 3.8) is 0 Å². The lowest BCUT2D eigenvalue weighted by atomic mass is 9.94. The molecule has 0 saturated carbocycles. The van der Waals surface area contributed by atoms with Gasteiger partial charge >= 0.3 is 0 Å². The summed E-state index contributed by atoms with van der Waals surface area (Å²) in [5.74, 6) is -0.566. The first-order valence-corrected chi connectivity index (χ1v) is 9.84. The summed E-state index contributed by atoms with van der Waals surface area (Å²) >= 11 is 0. The summed E-state index contributed by atoms with van der Waals surface area (Å²) in [7, 11) is 0. The van der Waals surface area contributed by atoms with Crippen molar-refractivity contribution in [3.8, 4) is 0 Å². The topological polar surface area (TPSA) is 75.7 Å². The Kier molecular flexibility index (Phi) is 8.74. The van der Waals surface area contributed by atoms with Crippen LogP contribution < -0.4 is 5.32 Å². The van der Waals surface area contributed by atoms with Crippen molar-refractivity contribution in [3.05, 3.63) is 0 Å². The van der Waals surface area contributed by atoms with Crippen molar-refractivity contribution >= 4 is 17.7 Å². The molecule has 1 saturated heterocycles. The molecule has 2 unspecified atom stereocenters. The van der Waals surface area contributed by atoms with Crippen molar-refractivity contribution < 1.29 is 19.1 Å². The molecule has 0 aromatic heterocycles. The fourth-order valence-electron chi connectivity index (χ4n) is 3.19. The lowest BCUT2D eigenvalue weighted by Gasteiger charge is -2.27. The van der Waals surface area contributed by atoms with Gasteiger partial charge in [-0.1, -0.05) is 27.2 Å². The molecule has 1 N–H and O–H groups in total. The first-order valence-electron chi connectivity index (χ1n) is 9.84. The highest BCUT2D eigenvalue weighted by Gasteiger charge is 2.39. The maximum absolute atomic E-state index is 12.3. The second-order valence-corrected chi connectivity index (χ2v) is 8.34. The van der Waals surface area contributed by atoms with Gasteiger partial charge in [0.2, 0.25) is 17.7 Å². The molecule has 1 aliphatic heterocycles. The van der Waals surface area contributed by atoms with E-state index in [1.54, 1.807) is 0 Å². The van der Waals surface area contributed by atoms with Gasteiger partial charge in [0.05, 0.1) is 6.10 Å². The number of nitrogens with zero attached hydrogens (tertiary/aromatic N) is 1. The van der Waals surface area contributed by atoms with E-state index in [-0.39, 0.29) is 60.6 Å². The van der Waals surface area contributed by atoms with Gasteiger partial charge in [-0.2, -0.15) is 0 Å². The Morgan fingerprint density at radius 3 is 2.50 bits per heavy atom. The highest BCUT2D eigenvalue weighted by Crippen LogP contribution is 2.26. The highest BCUT2D eigenvalue weighted by molar-refractivity contribution is 6.03. The van der Waals surface area contributed by atoms with E-state index in [1.165, 1.54) is 4.90 Å². The van der Waals surface area contributed by atoms with E-state index in [2.05, 4.69) is 19.2 Å². The third-order valence-corrected chi connectivity index (χ3v) is 4.95. The van der Waals surface area contributed by atoms with Crippen LogP contribution in [0.2, 0.25) is 0 Å². The van der Waals surface area contributed by atoms with Crippen LogP contribution in [0.3, 0.4) is 0 Å². The Balaban J connectivity index is 2.39. The van der Waals surface area contributed by atoms with Crippen LogP contribution in [0.25, 0.3) is 0 Å². The number of ether oxygens (including phenoxy) is 1. The minimum atomic E-state index is -0.386. The second-order valence-electron chi connectivity index (χ2n) is 8.34. The Labute approximate surface area is 158 Å². The quantitative estimate of drug-likeness (QED) is 0.569. The predicted molar refractivity (Wildman–Crippen MR) is 101 cm³/mol. The van der Waals surface area contributed by atoms with Crippen molar-refractivity contribution in [2.45, 2.75) is 85.3 Å². The number of rotatable bonds is 11. The summed E-state index contributed by atoms with van der Waals surface area (Å²) in [5, 5.41) is 2.98. The molecule has 1 rings (SSSR count). The summed E-state index contributed by atoms with van der Waals surface area (Å²) < 4.78 is 5.75. The van der Waals surface area contributed by atoms with E-state index >= 15 is 0 Å². The first kappa shape index (κ1) is 22.6. The molecule has 6 nitrogen and oxygen atoms in total. The van der Waals surface area contributed by atoms with Gasteiger partial charge in [0, 0.05) is 37.5 Å². The number of carbonyl (C=O) groups is 3. The standard InChI is InChI=1S/C20H36N2O4/c1-7-8-15(4)26-12-10-20(5,6)21-17(23)9-11-22-18(24)13-16(14(2)3)19(22)25/h14-16H,7-13H2,1-6H3,(H,21,23). The molecule has 1 aliphatic rings. The van der Waals surface area contributed by atoms with E-state index in [0.29, 0.717) is 13.0 Å². The number of carbonyl (C=O) groups excluding carboxylic acids is 3. The Morgan fingerprint density at radius 1 is 1.31 bits per heavy atom.